The lowest BCUT2D eigenvalue weighted by Gasteiger charge is -2.05. The van der Waals surface area contributed by atoms with E-state index >= 15 is 0 Å². The molecule has 0 saturated heterocycles. The monoisotopic (exact) mass is 238 g/mol. The number of H-pyrrole nitrogens is 1. The van der Waals surface area contributed by atoms with Gasteiger partial charge in [-0.3, -0.25) is 9.89 Å². The molecule has 0 aliphatic rings. The Labute approximate surface area is 94.9 Å². The smallest absolute Gasteiger partial charge is 0.354 e. The topological polar surface area (TPSA) is 75.1 Å². The van der Waals surface area contributed by atoms with E-state index in [1.807, 2.05) is 0 Å². The zero-order valence-electron chi connectivity index (χ0n) is 7.98. The van der Waals surface area contributed by atoms with Crippen LogP contribution in [0.4, 0.5) is 0 Å². The first-order chi connectivity index (χ1) is 7.58. The highest BCUT2D eigenvalue weighted by Gasteiger charge is 2.13. The number of nitrogens with zero attached hydrogens (tertiary/aromatic N) is 1. The molecule has 1 aromatic carbocycles. The van der Waals surface area contributed by atoms with Crippen molar-refractivity contribution in [1.82, 2.24) is 9.78 Å². The Kier molecular flexibility index (Phi) is 2.54. The van der Waals surface area contributed by atoms with Crippen LogP contribution in [-0.2, 0) is 0 Å². The van der Waals surface area contributed by atoms with Gasteiger partial charge in [-0.05, 0) is 18.2 Å². The summed E-state index contributed by atoms with van der Waals surface area (Å²) in [6, 6.07) is 7.55. The molecule has 1 heterocycles. The number of aromatic amines is 1. The first-order valence-corrected chi connectivity index (χ1v) is 4.77. The standard InChI is InChI=1S/C10H7ClN2O3/c11-6-2-1-3-7(4-6)13-8(10(15)16)5-9(14)12-13/h1-5H,(H,12,14)(H,15,16). The number of hydrogen-bond donors (Lipinski definition) is 2. The quantitative estimate of drug-likeness (QED) is 0.833. The number of halogens is 1. The molecule has 0 fully saturated rings. The van der Waals surface area contributed by atoms with E-state index in [1.54, 1.807) is 24.3 Å². The normalized spacial score (nSPS) is 10.3. The van der Waals surface area contributed by atoms with E-state index in [0.717, 1.165) is 6.07 Å². The second-order valence-electron chi connectivity index (χ2n) is 3.13. The SMILES string of the molecule is O=C(O)c1cc(=O)[nH]n1-c1cccc(Cl)c1. The van der Waals surface area contributed by atoms with Gasteiger partial charge in [0.2, 0.25) is 0 Å². The second kappa shape index (κ2) is 3.86. The first-order valence-electron chi connectivity index (χ1n) is 4.39. The molecule has 2 N–H and O–H groups in total. The number of carboxylic acid groups (broad SMARTS) is 1. The summed E-state index contributed by atoms with van der Waals surface area (Å²) in [5.74, 6) is -1.18. The highest BCUT2D eigenvalue weighted by atomic mass is 35.5. The minimum Gasteiger partial charge on any atom is -0.477 e. The maximum Gasteiger partial charge on any atom is 0.354 e. The van der Waals surface area contributed by atoms with Crippen molar-refractivity contribution >= 4 is 17.6 Å². The Balaban J connectivity index is 2.64. The van der Waals surface area contributed by atoms with Crippen molar-refractivity contribution in [1.29, 1.82) is 0 Å². The van der Waals surface area contributed by atoms with Crippen LogP contribution in [-0.4, -0.2) is 20.9 Å². The lowest BCUT2D eigenvalue weighted by atomic mass is 10.3. The molecule has 1 aromatic heterocycles. The molecule has 82 valence electrons. The lowest BCUT2D eigenvalue weighted by Crippen LogP contribution is -2.08. The summed E-state index contributed by atoms with van der Waals surface area (Å²) in [6.07, 6.45) is 0. The number of hydrogen-bond acceptors (Lipinski definition) is 2. The van der Waals surface area contributed by atoms with Crippen molar-refractivity contribution < 1.29 is 9.90 Å². The Morgan fingerprint density at radius 3 is 2.75 bits per heavy atom. The Morgan fingerprint density at radius 1 is 1.38 bits per heavy atom. The summed E-state index contributed by atoms with van der Waals surface area (Å²) in [7, 11) is 0. The molecule has 2 aromatic rings. The number of rotatable bonds is 2. The van der Waals surface area contributed by atoms with Crippen LogP contribution in [0.1, 0.15) is 10.5 Å². The van der Waals surface area contributed by atoms with E-state index in [9.17, 15) is 9.59 Å². The van der Waals surface area contributed by atoms with Gasteiger partial charge in [-0.1, -0.05) is 17.7 Å². The van der Waals surface area contributed by atoms with Gasteiger partial charge >= 0.3 is 5.97 Å². The van der Waals surface area contributed by atoms with Gasteiger partial charge in [0.05, 0.1) is 5.69 Å². The maximum atomic E-state index is 11.1. The summed E-state index contributed by atoms with van der Waals surface area (Å²) in [4.78, 5) is 22.0. The van der Waals surface area contributed by atoms with Gasteiger partial charge in [0.25, 0.3) is 5.56 Å². The molecule has 0 unspecified atom stereocenters. The van der Waals surface area contributed by atoms with Gasteiger partial charge in [-0.2, -0.15) is 0 Å². The number of aromatic carboxylic acids is 1. The Hall–Kier alpha value is -2.01. The Morgan fingerprint density at radius 2 is 2.12 bits per heavy atom. The molecular weight excluding hydrogens is 232 g/mol. The predicted molar refractivity (Wildman–Crippen MR) is 58.4 cm³/mol. The molecular formula is C10H7ClN2O3. The molecule has 6 heteroatoms. The number of aromatic nitrogens is 2. The van der Waals surface area contributed by atoms with Crippen molar-refractivity contribution in [2.75, 3.05) is 0 Å². The van der Waals surface area contributed by atoms with Crippen LogP contribution in [0.15, 0.2) is 35.1 Å². The third-order valence-electron chi connectivity index (χ3n) is 2.02. The summed E-state index contributed by atoms with van der Waals surface area (Å²) in [5, 5.41) is 11.7. The fourth-order valence-corrected chi connectivity index (χ4v) is 1.55. The van der Waals surface area contributed by atoms with E-state index < -0.39 is 11.5 Å². The summed E-state index contributed by atoms with van der Waals surface area (Å²) < 4.78 is 1.18. The van der Waals surface area contributed by atoms with E-state index in [0.29, 0.717) is 10.7 Å². The third kappa shape index (κ3) is 1.85. The molecule has 0 bridgehead atoms. The van der Waals surface area contributed by atoms with Gasteiger partial charge < -0.3 is 5.11 Å². The average molecular weight is 239 g/mol. The maximum absolute atomic E-state index is 11.1. The molecule has 16 heavy (non-hydrogen) atoms. The van der Waals surface area contributed by atoms with Gasteiger partial charge in [0, 0.05) is 11.1 Å². The second-order valence-corrected chi connectivity index (χ2v) is 3.56. The predicted octanol–water partition coefficient (Wildman–Crippen LogP) is 1.52. The number of benzene rings is 1. The molecule has 5 nitrogen and oxygen atoms in total. The van der Waals surface area contributed by atoms with Gasteiger partial charge in [-0.25, -0.2) is 9.48 Å². The van der Waals surface area contributed by atoms with Crippen molar-refractivity contribution in [2.24, 2.45) is 0 Å². The van der Waals surface area contributed by atoms with Crippen LogP contribution in [0, 0.1) is 0 Å². The molecule has 0 aliphatic heterocycles. The summed E-state index contributed by atoms with van der Waals surface area (Å²) >= 11 is 5.78. The van der Waals surface area contributed by atoms with Gasteiger partial charge in [0.15, 0.2) is 5.69 Å². The number of nitrogens with one attached hydrogen (secondary N) is 1. The third-order valence-corrected chi connectivity index (χ3v) is 2.25. The van der Waals surface area contributed by atoms with Crippen LogP contribution in [0.2, 0.25) is 5.02 Å². The van der Waals surface area contributed by atoms with Crippen molar-refractivity contribution in [3.05, 3.63) is 51.4 Å². The average Bonchev–Trinajstić information content (AvgIpc) is 2.60. The summed E-state index contributed by atoms with van der Waals surface area (Å²) in [6.45, 7) is 0. The molecule has 0 radical (unpaired) electrons. The molecule has 0 amide bonds. The highest BCUT2D eigenvalue weighted by molar-refractivity contribution is 6.30. The van der Waals surface area contributed by atoms with Gasteiger partial charge in [-0.15, -0.1) is 0 Å². The van der Waals surface area contributed by atoms with E-state index in [1.165, 1.54) is 4.68 Å². The fourth-order valence-electron chi connectivity index (χ4n) is 1.37. The Bertz CT molecular complexity index is 600. The molecule has 0 saturated carbocycles. The number of carboxylic acids is 1. The fraction of sp³-hybridized carbons (Fsp3) is 0. The zero-order chi connectivity index (χ0) is 11.7. The largest absolute Gasteiger partial charge is 0.477 e. The van der Waals surface area contributed by atoms with Crippen molar-refractivity contribution in [3.63, 3.8) is 0 Å². The van der Waals surface area contributed by atoms with Crippen LogP contribution < -0.4 is 5.56 Å². The van der Waals surface area contributed by atoms with Crippen LogP contribution in [0.25, 0.3) is 5.69 Å². The molecule has 2 rings (SSSR count). The van der Waals surface area contributed by atoms with Crippen LogP contribution >= 0.6 is 11.6 Å². The number of carbonyl (C=O) groups is 1. The highest BCUT2D eigenvalue weighted by Crippen LogP contribution is 2.14. The molecule has 0 atom stereocenters. The van der Waals surface area contributed by atoms with Crippen LogP contribution in [0.3, 0.4) is 0 Å². The van der Waals surface area contributed by atoms with Crippen LogP contribution in [0.5, 0.6) is 0 Å². The zero-order valence-corrected chi connectivity index (χ0v) is 8.73. The van der Waals surface area contributed by atoms with E-state index in [4.69, 9.17) is 16.7 Å². The minimum absolute atomic E-state index is 0.132. The molecule has 0 aliphatic carbocycles. The lowest BCUT2D eigenvalue weighted by molar-refractivity contribution is 0.0687. The van der Waals surface area contributed by atoms with Crippen molar-refractivity contribution in [2.45, 2.75) is 0 Å². The molecule has 0 spiro atoms. The summed E-state index contributed by atoms with van der Waals surface area (Å²) in [5.41, 5.74) is -0.114. The first kappa shape index (κ1) is 10.5. The van der Waals surface area contributed by atoms with E-state index in [2.05, 4.69) is 5.10 Å². The van der Waals surface area contributed by atoms with E-state index in [-0.39, 0.29) is 5.69 Å². The van der Waals surface area contributed by atoms with Gasteiger partial charge in [0.1, 0.15) is 0 Å². The van der Waals surface area contributed by atoms with Crippen molar-refractivity contribution in [3.8, 4) is 5.69 Å². The minimum atomic E-state index is -1.18.